The number of carboxylic acids is 1. The van der Waals surface area contributed by atoms with Crippen molar-refractivity contribution in [3.05, 3.63) is 46.7 Å². The van der Waals surface area contributed by atoms with Gasteiger partial charge in [-0.3, -0.25) is 0 Å². The summed E-state index contributed by atoms with van der Waals surface area (Å²) in [6.07, 6.45) is 1.56. The van der Waals surface area contributed by atoms with Gasteiger partial charge >= 0.3 is 5.97 Å². The number of aromatic carboxylic acids is 1. The van der Waals surface area contributed by atoms with E-state index < -0.39 is 5.97 Å². The number of hydrogen-bond donors (Lipinski definition) is 1. The molecule has 4 nitrogen and oxygen atoms in total. The van der Waals surface area contributed by atoms with Crippen molar-refractivity contribution >= 4 is 17.6 Å². The smallest absolute Gasteiger partial charge is 0.338 e. The standard InChI is InChI=1S/C14H12ClNO3/c1-8-5-10(19-2)3-4-11(8)9-6-12(14(17)18)13(15)16-7-9/h3-7H,1-2H3,(H,17,18). The average Bonchev–Trinajstić information content (AvgIpc) is 2.39. The number of pyridine rings is 1. The molecule has 19 heavy (non-hydrogen) atoms. The minimum Gasteiger partial charge on any atom is -0.497 e. The van der Waals surface area contributed by atoms with Crippen LogP contribution >= 0.6 is 11.6 Å². The number of ether oxygens (including phenoxy) is 1. The van der Waals surface area contributed by atoms with Gasteiger partial charge < -0.3 is 9.84 Å². The van der Waals surface area contributed by atoms with Crippen molar-refractivity contribution in [3.8, 4) is 16.9 Å². The van der Waals surface area contributed by atoms with E-state index in [4.69, 9.17) is 21.4 Å². The van der Waals surface area contributed by atoms with Crippen LogP contribution in [0.3, 0.4) is 0 Å². The maximum absolute atomic E-state index is 11.0. The monoisotopic (exact) mass is 277 g/mol. The number of benzene rings is 1. The zero-order valence-corrected chi connectivity index (χ0v) is 11.2. The Morgan fingerprint density at radius 2 is 2.11 bits per heavy atom. The summed E-state index contributed by atoms with van der Waals surface area (Å²) in [6.45, 7) is 1.92. The Bertz CT molecular complexity index is 641. The molecular weight excluding hydrogens is 266 g/mol. The van der Waals surface area contributed by atoms with Crippen LogP contribution in [0.15, 0.2) is 30.5 Å². The average molecular weight is 278 g/mol. The lowest BCUT2D eigenvalue weighted by Gasteiger charge is -2.09. The van der Waals surface area contributed by atoms with Gasteiger partial charge in [-0.25, -0.2) is 9.78 Å². The van der Waals surface area contributed by atoms with Gasteiger partial charge in [0.05, 0.1) is 12.7 Å². The number of rotatable bonds is 3. The number of halogens is 1. The van der Waals surface area contributed by atoms with E-state index in [0.29, 0.717) is 5.56 Å². The summed E-state index contributed by atoms with van der Waals surface area (Å²) in [5.41, 5.74) is 2.57. The van der Waals surface area contributed by atoms with Gasteiger partial charge in [-0.2, -0.15) is 0 Å². The van der Waals surface area contributed by atoms with E-state index in [1.807, 2.05) is 25.1 Å². The molecule has 0 amide bonds. The van der Waals surface area contributed by atoms with Crippen LogP contribution in [0.4, 0.5) is 0 Å². The third-order valence-corrected chi connectivity index (χ3v) is 3.12. The molecule has 0 saturated heterocycles. The predicted octanol–water partition coefficient (Wildman–Crippen LogP) is 3.42. The molecule has 1 aromatic heterocycles. The van der Waals surface area contributed by atoms with E-state index in [-0.39, 0.29) is 10.7 Å². The molecule has 0 unspecified atom stereocenters. The van der Waals surface area contributed by atoms with Gasteiger partial charge in [-0.15, -0.1) is 0 Å². The minimum atomic E-state index is -1.09. The predicted molar refractivity (Wildman–Crippen MR) is 72.9 cm³/mol. The molecule has 0 bridgehead atoms. The summed E-state index contributed by atoms with van der Waals surface area (Å²) in [5, 5.41) is 9.03. The van der Waals surface area contributed by atoms with Gasteiger partial charge in [-0.05, 0) is 36.2 Å². The molecule has 1 aromatic carbocycles. The Kier molecular flexibility index (Phi) is 3.71. The van der Waals surface area contributed by atoms with Crippen molar-refractivity contribution in [1.82, 2.24) is 4.98 Å². The SMILES string of the molecule is COc1ccc(-c2cnc(Cl)c(C(=O)O)c2)c(C)c1. The molecular formula is C14H12ClNO3. The first-order valence-electron chi connectivity index (χ1n) is 5.56. The topological polar surface area (TPSA) is 59.4 Å². The van der Waals surface area contributed by atoms with Gasteiger partial charge in [0, 0.05) is 11.8 Å². The normalized spacial score (nSPS) is 10.3. The summed E-state index contributed by atoms with van der Waals surface area (Å²) in [7, 11) is 1.60. The van der Waals surface area contributed by atoms with Crippen molar-refractivity contribution < 1.29 is 14.6 Å². The van der Waals surface area contributed by atoms with Gasteiger partial charge in [0.15, 0.2) is 0 Å². The van der Waals surface area contributed by atoms with Gasteiger partial charge in [0.25, 0.3) is 0 Å². The second kappa shape index (κ2) is 5.28. The van der Waals surface area contributed by atoms with Crippen LogP contribution in [0.25, 0.3) is 11.1 Å². The second-order valence-corrected chi connectivity index (χ2v) is 4.41. The van der Waals surface area contributed by atoms with Gasteiger partial charge in [0.1, 0.15) is 10.9 Å². The molecule has 5 heteroatoms. The highest BCUT2D eigenvalue weighted by molar-refractivity contribution is 6.32. The molecule has 0 spiro atoms. The van der Waals surface area contributed by atoms with E-state index in [9.17, 15) is 4.79 Å². The summed E-state index contributed by atoms with van der Waals surface area (Å²) < 4.78 is 5.14. The van der Waals surface area contributed by atoms with Crippen LogP contribution in [0.2, 0.25) is 5.15 Å². The Labute approximate surface area is 115 Å². The molecule has 0 radical (unpaired) electrons. The van der Waals surface area contributed by atoms with E-state index >= 15 is 0 Å². The quantitative estimate of drug-likeness (QED) is 0.874. The van der Waals surface area contributed by atoms with Crippen LogP contribution in [0, 0.1) is 6.92 Å². The minimum absolute atomic E-state index is 0.00520. The number of methoxy groups -OCH3 is 1. The highest BCUT2D eigenvalue weighted by Crippen LogP contribution is 2.28. The molecule has 2 rings (SSSR count). The third kappa shape index (κ3) is 2.69. The highest BCUT2D eigenvalue weighted by Gasteiger charge is 2.12. The van der Waals surface area contributed by atoms with Crippen LogP contribution in [0.1, 0.15) is 15.9 Å². The molecule has 98 valence electrons. The van der Waals surface area contributed by atoms with Gasteiger partial charge in [0.2, 0.25) is 0 Å². The summed E-state index contributed by atoms with van der Waals surface area (Å²) in [4.78, 5) is 15.0. The van der Waals surface area contributed by atoms with Crippen molar-refractivity contribution in [2.24, 2.45) is 0 Å². The first-order valence-corrected chi connectivity index (χ1v) is 5.94. The lowest BCUT2D eigenvalue weighted by molar-refractivity contribution is 0.0696. The number of nitrogens with zero attached hydrogens (tertiary/aromatic N) is 1. The zero-order chi connectivity index (χ0) is 14.0. The summed E-state index contributed by atoms with van der Waals surface area (Å²) in [6, 6.07) is 7.08. The second-order valence-electron chi connectivity index (χ2n) is 4.05. The van der Waals surface area contributed by atoms with Crippen LogP contribution in [-0.2, 0) is 0 Å². The third-order valence-electron chi connectivity index (χ3n) is 2.81. The summed E-state index contributed by atoms with van der Waals surface area (Å²) in [5.74, 6) is -0.341. The molecule has 0 aliphatic carbocycles. The number of carboxylic acid groups (broad SMARTS) is 1. The Balaban J connectivity index is 2.53. The molecule has 0 aliphatic rings. The number of carbonyl (C=O) groups is 1. The molecule has 0 aliphatic heterocycles. The fourth-order valence-corrected chi connectivity index (χ4v) is 2.02. The Morgan fingerprint density at radius 3 is 2.68 bits per heavy atom. The largest absolute Gasteiger partial charge is 0.497 e. The van der Waals surface area contributed by atoms with E-state index in [0.717, 1.165) is 16.9 Å². The molecule has 0 fully saturated rings. The van der Waals surface area contributed by atoms with E-state index in [1.165, 1.54) is 6.07 Å². The summed E-state index contributed by atoms with van der Waals surface area (Å²) >= 11 is 5.75. The Hall–Kier alpha value is -2.07. The van der Waals surface area contributed by atoms with Crippen molar-refractivity contribution in [2.75, 3.05) is 7.11 Å². The number of aryl methyl sites for hydroxylation is 1. The number of aromatic nitrogens is 1. The zero-order valence-electron chi connectivity index (χ0n) is 10.5. The highest BCUT2D eigenvalue weighted by atomic mass is 35.5. The number of hydrogen-bond acceptors (Lipinski definition) is 3. The fourth-order valence-electron chi connectivity index (χ4n) is 1.83. The first-order chi connectivity index (χ1) is 9.02. The lowest BCUT2D eigenvalue weighted by Crippen LogP contribution is -2.00. The van der Waals surface area contributed by atoms with E-state index in [2.05, 4.69) is 4.98 Å². The van der Waals surface area contributed by atoms with E-state index in [1.54, 1.807) is 13.3 Å². The van der Waals surface area contributed by atoms with Crippen LogP contribution < -0.4 is 4.74 Å². The van der Waals surface area contributed by atoms with Crippen molar-refractivity contribution in [1.29, 1.82) is 0 Å². The van der Waals surface area contributed by atoms with Gasteiger partial charge in [-0.1, -0.05) is 17.7 Å². The van der Waals surface area contributed by atoms with Crippen molar-refractivity contribution in [3.63, 3.8) is 0 Å². The molecule has 2 aromatic rings. The molecule has 0 saturated carbocycles. The Morgan fingerprint density at radius 1 is 1.37 bits per heavy atom. The van der Waals surface area contributed by atoms with Crippen LogP contribution in [0.5, 0.6) is 5.75 Å². The molecule has 1 heterocycles. The first kappa shape index (κ1) is 13.4. The molecule has 0 atom stereocenters. The molecule has 1 N–H and O–H groups in total. The fraction of sp³-hybridized carbons (Fsp3) is 0.143. The maximum atomic E-state index is 11.0. The maximum Gasteiger partial charge on any atom is 0.338 e. The lowest BCUT2D eigenvalue weighted by atomic mass is 10.0. The van der Waals surface area contributed by atoms with Crippen molar-refractivity contribution in [2.45, 2.75) is 6.92 Å². The van der Waals surface area contributed by atoms with Crippen LogP contribution in [-0.4, -0.2) is 23.2 Å².